The third-order valence-electron chi connectivity index (χ3n) is 3.00. The average molecular weight is 214 g/mol. The number of nitrogens with one attached hydrogen (secondary N) is 1. The third-order valence-corrected chi connectivity index (χ3v) is 3.00. The zero-order valence-corrected chi connectivity index (χ0v) is 9.95. The second-order valence-electron chi connectivity index (χ2n) is 4.02. The van der Waals surface area contributed by atoms with Gasteiger partial charge in [0.25, 0.3) is 0 Å². The van der Waals surface area contributed by atoms with Gasteiger partial charge in [-0.3, -0.25) is 10.1 Å². The number of hydrogen-bond donors (Lipinski definition) is 1. The van der Waals surface area contributed by atoms with E-state index in [-0.39, 0.29) is 11.9 Å². The standard InChI is InChI=1S/C11H22N2O2/c1-4-9(3)10-11(14)13(8-12-10)6-7-15-5-2/h9-10,12H,4-8H2,1-3H3. The maximum atomic E-state index is 11.9. The molecule has 1 aliphatic rings. The van der Waals surface area contributed by atoms with Crippen molar-refractivity contribution in [3.05, 3.63) is 0 Å². The molecule has 1 fully saturated rings. The first-order chi connectivity index (χ1) is 7.20. The Bertz CT molecular complexity index is 209. The molecule has 88 valence electrons. The Balaban J connectivity index is 2.35. The highest BCUT2D eigenvalue weighted by molar-refractivity contribution is 5.84. The maximum Gasteiger partial charge on any atom is 0.241 e. The lowest BCUT2D eigenvalue weighted by atomic mass is 9.99. The van der Waals surface area contributed by atoms with Crippen molar-refractivity contribution < 1.29 is 9.53 Å². The predicted molar refractivity (Wildman–Crippen MR) is 59.5 cm³/mol. The largest absolute Gasteiger partial charge is 0.380 e. The summed E-state index contributed by atoms with van der Waals surface area (Å²) in [4.78, 5) is 13.7. The molecule has 0 bridgehead atoms. The molecule has 1 N–H and O–H groups in total. The first-order valence-electron chi connectivity index (χ1n) is 5.80. The highest BCUT2D eigenvalue weighted by Crippen LogP contribution is 2.14. The van der Waals surface area contributed by atoms with Crippen molar-refractivity contribution in [3.63, 3.8) is 0 Å². The molecule has 2 atom stereocenters. The topological polar surface area (TPSA) is 41.6 Å². The van der Waals surface area contributed by atoms with E-state index >= 15 is 0 Å². The van der Waals surface area contributed by atoms with E-state index in [1.807, 2.05) is 11.8 Å². The summed E-state index contributed by atoms with van der Waals surface area (Å²) >= 11 is 0. The summed E-state index contributed by atoms with van der Waals surface area (Å²) < 4.78 is 5.24. The first kappa shape index (κ1) is 12.5. The Labute approximate surface area is 92.0 Å². The van der Waals surface area contributed by atoms with Crippen LogP contribution in [0.4, 0.5) is 0 Å². The van der Waals surface area contributed by atoms with Crippen LogP contribution in [0.3, 0.4) is 0 Å². The number of hydrogen-bond acceptors (Lipinski definition) is 3. The summed E-state index contributed by atoms with van der Waals surface area (Å²) in [6.45, 7) is 8.91. The molecule has 0 aliphatic carbocycles. The molecule has 4 nitrogen and oxygen atoms in total. The van der Waals surface area contributed by atoms with Crippen molar-refractivity contribution in [3.8, 4) is 0 Å². The SMILES string of the molecule is CCOCCN1CNC(C(C)CC)C1=O. The van der Waals surface area contributed by atoms with E-state index in [0.29, 0.717) is 32.3 Å². The zero-order valence-electron chi connectivity index (χ0n) is 9.95. The molecule has 1 heterocycles. The van der Waals surface area contributed by atoms with E-state index < -0.39 is 0 Å². The minimum Gasteiger partial charge on any atom is -0.380 e. The zero-order chi connectivity index (χ0) is 11.3. The molecule has 0 aromatic carbocycles. The Morgan fingerprint density at radius 3 is 2.93 bits per heavy atom. The minimum atomic E-state index is 0.0108. The predicted octanol–water partition coefficient (Wildman–Crippen LogP) is 0.827. The van der Waals surface area contributed by atoms with E-state index in [0.717, 1.165) is 6.42 Å². The minimum absolute atomic E-state index is 0.0108. The monoisotopic (exact) mass is 214 g/mol. The van der Waals surface area contributed by atoms with Gasteiger partial charge in [-0.15, -0.1) is 0 Å². The van der Waals surface area contributed by atoms with Crippen molar-refractivity contribution in [2.45, 2.75) is 33.2 Å². The number of nitrogens with zero attached hydrogens (tertiary/aromatic N) is 1. The molecule has 0 aromatic rings. The second kappa shape index (κ2) is 6.08. The van der Waals surface area contributed by atoms with Crippen LogP contribution >= 0.6 is 0 Å². The highest BCUT2D eigenvalue weighted by Gasteiger charge is 2.33. The third kappa shape index (κ3) is 3.18. The fourth-order valence-corrected chi connectivity index (χ4v) is 1.76. The number of carbonyl (C=O) groups excluding carboxylic acids is 1. The van der Waals surface area contributed by atoms with Gasteiger partial charge in [0.15, 0.2) is 0 Å². The summed E-state index contributed by atoms with van der Waals surface area (Å²) in [6, 6.07) is 0.0108. The Kier molecular flexibility index (Phi) is 5.05. The Morgan fingerprint density at radius 2 is 2.33 bits per heavy atom. The van der Waals surface area contributed by atoms with Crippen molar-refractivity contribution in [2.24, 2.45) is 5.92 Å². The molecule has 2 unspecified atom stereocenters. The molecule has 1 amide bonds. The molecule has 0 saturated carbocycles. The Hall–Kier alpha value is -0.610. The van der Waals surface area contributed by atoms with Crippen LogP contribution in [-0.2, 0) is 9.53 Å². The number of amides is 1. The van der Waals surface area contributed by atoms with E-state index in [2.05, 4.69) is 19.2 Å². The van der Waals surface area contributed by atoms with Gasteiger partial charge >= 0.3 is 0 Å². The van der Waals surface area contributed by atoms with Crippen molar-refractivity contribution in [1.82, 2.24) is 10.2 Å². The van der Waals surface area contributed by atoms with Gasteiger partial charge in [-0.05, 0) is 12.8 Å². The van der Waals surface area contributed by atoms with E-state index in [4.69, 9.17) is 4.74 Å². The van der Waals surface area contributed by atoms with Crippen LogP contribution in [0, 0.1) is 5.92 Å². The van der Waals surface area contributed by atoms with Gasteiger partial charge in [-0.25, -0.2) is 0 Å². The van der Waals surface area contributed by atoms with Gasteiger partial charge in [0.1, 0.15) is 0 Å². The fraction of sp³-hybridized carbons (Fsp3) is 0.909. The number of ether oxygens (including phenoxy) is 1. The van der Waals surface area contributed by atoms with Crippen LogP contribution in [0.25, 0.3) is 0 Å². The van der Waals surface area contributed by atoms with E-state index in [1.165, 1.54) is 0 Å². The molecule has 15 heavy (non-hydrogen) atoms. The van der Waals surface area contributed by atoms with Crippen LogP contribution < -0.4 is 5.32 Å². The van der Waals surface area contributed by atoms with Crippen LogP contribution in [-0.4, -0.2) is 43.3 Å². The van der Waals surface area contributed by atoms with Gasteiger partial charge in [0.2, 0.25) is 5.91 Å². The smallest absolute Gasteiger partial charge is 0.241 e. The Morgan fingerprint density at radius 1 is 1.60 bits per heavy atom. The van der Waals surface area contributed by atoms with Gasteiger partial charge in [0.05, 0.1) is 19.3 Å². The van der Waals surface area contributed by atoms with Gasteiger partial charge in [-0.1, -0.05) is 20.3 Å². The van der Waals surface area contributed by atoms with E-state index in [9.17, 15) is 4.79 Å². The van der Waals surface area contributed by atoms with Crippen LogP contribution in [0.5, 0.6) is 0 Å². The number of carbonyl (C=O) groups is 1. The summed E-state index contributed by atoms with van der Waals surface area (Å²) in [5, 5.41) is 3.25. The number of rotatable bonds is 6. The van der Waals surface area contributed by atoms with Crippen LogP contribution in [0.15, 0.2) is 0 Å². The summed E-state index contributed by atoms with van der Waals surface area (Å²) in [5.41, 5.74) is 0. The second-order valence-corrected chi connectivity index (χ2v) is 4.02. The quantitative estimate of drug-likeness (QED) is 0.666. The van der Waals surface area contributed by atoms with E-state index in [1.54, 1.807) is 0 Å². The molecular formula is C11H22N2O2. The molecule has 1 saturated heterocycles. The fourth-order valence-electron chi connectivity index (χ4n) is 1.76. The van der Waals surface area contributed by atoms with Crippen LogP contribution in [0.2, 0.25) is 0 Å². The summed E-state index contributed by atoms with van der Waals surface area (Å²) in [7, 11) is 0. The highest BCUT2D eigenvalue weighted by atomic mass is 16.5. The average Bonchev–Trinajstić information content (AvgIpc) is 2.60. The normalized spacial score (nSPS) is 23.5. The van der Waals surface area contributed by atoms with Gasteiger partial charge < -0.3 is 9.64 Å². The maximum absolute atomic E-state index is 11.9. The molecule has 0 radical (unpaired) electrons. The molecule has 1 aliphatic heterocycles. The molecule has 0 aromatic heterocycles. The molecule has 0 spiro atoms. The molecular weight excluding hydrogens is 192 g/mol. The van der Waals surface area contributed by atoms with Gasteiger partial charge in [0, 0.05) is 13.2 Å². The lowest BCUT2D eigenvalue weighted by Crippen LogP contribution is -2.36. The summed E-state index contributed by atoms with van der Waals surface area (Å²) in [6.07, 6.45) is 1.03. The lowest BCUT2D eigenvalue weighted by Gasteiger charge is -2.17. The van der Waals surface area contributed by atoms with Crippen molar-refractivity contribution in [1.29, 1.82) is 0 Å². The van der Waals surface area contributed by atoms with Crippen molar-refractivity contribution >= 4 is 5.91 Å². The molecule has 1 rings (SSSR count). The van der Waals surface area contributed by atoms with Gasteiger partial charge in [-0.2, -0.15) is 0 Å². The summed E-state index contributed by atoms with van der Waals surface area (Å²) in [5.74, 6) is 0.638. The molecule has 4 heteroatoms. The van der Waals surface area contributed by atoms with Crippen LogP contribution in [0.1, 0.15) is 27.2 Å². The lowest BCUT2D eigenvalue weighted by molar-refractivity contribution is -0.130. The first-order valence-corrected chi connectivity index (χ1v) is 5.80. The van der Waals surface area contributed by atoms with Crippen molar-refractivity contribution in [2.75, 3.05) is 26.4 Å².